The van der Waals surface area contributed by atoms with Crippen molar-refractivity contribution in [1.29, 1.82) is 0 Å². The number of aryl methyl sites for hydroxylation is 1. The zero-order chi connectivity index (χ0) is 20.8. The van der Waals surface area contributed by atoms with E-state index in [2.05, 4.69) is 20.6 Å². The third-order valence-electron chi connectivity index (χ3n) is 4.96. The molecule has 0 radical (unpaired) electrons. The van der Waals surface area contributed by atoms with Crippen LogP contribution in [0.1, 0.15) is 31.2 Å². The lowest BCUT2D eigenvalue weighted by atomic mass is 9.91. The van der Waals surface area contributed by atoms with E-state index in [1.54, 1.807) is 24.3 Å². The second-order valence-electron chi connectivity index (χ2n) is 7.60. The molecule has 8 heteroatoms. The summed E-state index contributed by atoms with van der Waals surface area (Å²) in [6.07, 6.45) is 5.57. The molecular weight excluding hydrogens is 390 g/mol. The summed E-state index contributed by atoms with van der Waals surface area (Å²) < 4.78 is 5.50. The number of hydrogen-bond donors (Lipinski definition) is 2. The summed E-state index contributed by atoms with van der Waals surface area (Å²) >= 11 is 5.92. The molecule has 1 fully saturated rings. The maximum Gasteiger partial charge on any atom is 0.258 e. The highest BCUT2D eigenvalue weighted by Gasteiger charge is 2.23. The summed E-state index contributed by atoms with van der Waals surface area (Å²) in [6, 6.07) is 7.52. The molecule has 2 N–H and O–H groups in total. The average Bonchev–Trinajstić information content (AvgIpc) is 2.69. The van der Waals surface area contributed by atoms with Gasteiger partial charge in [-0.2, -0.15) is 4.98 Å². The Morgan fingerprint density at radius 1 is 1.24 bits per heavy atom. The molecule has 0 aliphatic heterocycles. The number of carbonyl (C=O) groups is 1. The van der Waals surface area contributed by atoms with Gasteiger partial charge in [-0.05, 0) is 50.8 Å². The van der Waals surface area contributed by atoms with E-state index in [-0.39, 0.29) is 18.6 Å². The Hall–Kier alpha value is -2.54. The van der Waals surface area contributed by atoms with Gasteiger partial charge in [-0.25, -0.2) is 4.98 Å². The Labute approximate surface area is 176 Å². The van der Waals surface area contributed by atoms with Crippen LogP contribution in [0.5, 0.6) is 5.75 Å². The molecule has 1 aliphatic rings. The summed E-state index contributed by atoms with van der Waals surface area (Å²) in [4.78, 5) is 23.2. The Kier molecular flexibility index (Phi) is 7.14. The van der Waals surface area contributed by atoms with Crippen LogP contribution in [0.25, 0.3) is 0 Å². The predicted octanol–water partition coefficient (Wildman–Crippen LogP) is 3.42. The molecule has 3 rings (SSSR count). The van der Waals surface area contributed by atoms with Gasteiger partial charge in [0.1, 0.15) is 11.6 Å². The lowest BCUT2D eigenvalue weighted by Crippen LogP contribution is -2.42. The van der Waals surface area contributed by atoms with Crippen LogP contribution in [-0.2, 0) is 4.79 Å². The molecule has 156 valence electrons. The van der Waals surface area contributed by atoms with E-state index >= 15 is 0 Å². The lowest BCUT2D eigenvalue weighted by molar-refractivity contribution is -0.124. The molecule has 1 aliphatic carbocycles. The average molecular weight is 418 g/mol. The smallest absolute Gasteiger partial charge is 0.258 e. The molecule has 0 spiro atoms. The van der Waals surface area contributed by atoms with E-state index in [4.69, 9.17) is 16.3 Å². The Balaban J connectivity index is 1.42. The summed E-state index contributed by atoms with van der Waals surface area (Å²) in [6.45, 7) is 1.99. The molecule has 0 bridgehead atoms. The van der Waals surface area contributed by atoms with Crippen molar-refractivity contribution < 1.29 is 9.53 Å². The minimum absolute atomic E-state index is 0.0109. The van der Waals surface area contributed by atoms with Crippen LogP contribution in [0, 0.1) is 6.92 Å². The molecule has 1 amide bonds. The Bertz CT molecular complexity index is 838. The van der Waals surface area contributed by atoms with E-state index < -0.39 is 0 Å². The zero-order valence-corrected chi connectivity index (χ0v) is 17.9. The summed E-state index contributed by atoms with van der Waals surface area (Å²) in [5, 5.41) is 7.07. The van der Waals surface area contributed by atoms with Gasteiger partial charge in [0, 0.05) is 43.0 Å². The largest absolute Gasteiger partial charge is 0.484 e. The molecular formula is C21H28ClN5O2. The number of ether oxygens (including phenoxy) is 1. The van der Waals surface area contributed by atoms with Gasteiger partial charge in [0.25, 0.3) is 5.91 Å². The molecule has 1 saturated carbocycles. The minimum atomic E-state index is -0.112. The van der Waals surface area contributed by atoms with Crippen LogP contribution in [0.3, 0.4) is 0 Å². The van der Waals surface area contributed by atoms with E-state index in [9.17, 15) is 4.79 Å². The highest BCUT2D eigenvalue weighted by molar-refractivity contribution is 6.30. The number of rotatable bonds is 7. The van der Waals surface area contributed by atoms with Gasteiger partial charge in [-0.3, -0.25) is 4.79 Å². The molecule has 1 aromatic heterocycles. The van der Waals surface area contributed by atoms with Gasteiger partial charge in [-0.1, -0.05) is 17.7 Å². The number of aromatic nitrogens is 2. The number of amides is 1. The number of benzene rings is 1. The topological polar surface area (TPSA) is 79.4 Å². The quantitative estimate of drug-likeness (QED) is 0.718. The number of carbonyl (C=O) groups excluding carboxylic acids is 1. The van der Waals surface area contributed by atoms with Crippen molar-refractivity contribution in [3.8, 4) is 5.75 Å². The highest BCUT2D eigenvalue weighted by Crippen LogP contribution is 2.23. The van der Waals surface area contributed by atoms with Gasteiger partial charge < -0.3 is 20.3 Å². The number of anilines is 2. The normalized spacial score (nSPS) is 18.8. The third kappa shape index (κ3) is 6.22. The second kappa shape index (κ2) is 9.78. The molecule has 7 nitrogen and oxygen atoms in total. The van der Waals surface area contributed by atoms with Crippen molar-refractivity contribution in [1.82, 2.24) is 15.3 Å². The molecule has 1 heterocycles. The minimum Gasteiger partial charge on any atom is -0.484 e. The first-order valence-electron chi connectivity index (χ1n) is 9.86. The van der Waals surface area contributed by atoms with Gasteiger partial charge in [-0.15, -0.1) is 0 Å². The van der Waals surface area contributed by atoms with Crippen LogP contribution in [-0.4, -0.2) is 48.7 Å². The number of nitrogens with one attached hydrogen (secondary N) is 2. The lowest BCUT2D eigenvalue weighted by Gasteiger charge is -2.30. The van der Waals surface area contributed by atoms with E-state index in [1.807, 2.05) is 32.1 Å². The van der Waals surface area contributed by atoms with Gasteiger partial charge in [0.15, 0.2) is 6.61 Å². The SMILES string of the molecule is Cc1cnc(N[C@H]2CC[C@@H](NC(=O)COc3cccc(Cl)c3)CC2)nc1N(C)C. The summed E-state index contributed by atoms with van der Waals surface area (Å²) in [7, 11) is 3.95. The Morgan fingerprint density at radius 2 is 1.97 bits per heavy atom. The first-order valence-corrected chi connectivity index (χ1v) is 10.2. The maximum absolute atomic E-state index is 12.2. The van der Waals surface area contributed by atoms with Crippen LogP contribution < -0.4 is 20.3 Å². The highest BCUT2D eigenvalue weighted by atomic mass is 35.5. The van der Waals surface area contributed by atoms with Crippen molar-refractivity contribution in [2.24, 2.45) is 0 Å². The predicted molar refractivity (Wildman–Crippen MR) is 116 cm³/mol. The fraction of sp³-hybridized carbons (Fsp3) is 0.476. The molecule has 29 heavy (non-hydrogen) atoms. The number of hydrogen-bond acceptors (Lipinski definition) is 6. The fourth-order valence-electron chi connectivity index (χ4n) is 3.49. The third-order valence-corrected chi connectivity index (χ3v) is 5.20. The number of nitrogens with zero attached hydrogens (tertiary/aromatic N) is 3. The van der Waals surface area contributed by atoms with Crippen LogP contribution in [0.4, 0.5) is 11.8 Å². The van der Waals surface area contributed by atoms with Crippen LogP contribution in [0.15, 0.2) is 30.5 Å². The van der Waals surface area contributed by atoms with E-state index in [0.29, 0.717) is 22.8 Å². The summed E-state index contributed by atoms with van der Waals surface area (Å²) in [5.41, 5.74) is 1.05. The zero-order valence-electron chi connectivity index (χ0n) is 17.1. The van der Waals surface area contributed by atoms with Crippen molar-refractivity contribution in [2.45, 2.75) is 44.7 Å². The first-order chi connectivity index (χ1) is 13.9. The summed E-state index contributed by atoms with van der Waals surface area (Å²) in [5.74, 6) is 2.06. The molecule has 0 saturated heterocycles. The van der Waals surface area contributed by atoms with E-state index in [0.717, 1.165) is 37.1 Å². The second-order valence-corrected chi connectivity index (χ2v) is 8.04. The van der Waals surface area contributed by atoms with Crippen molar-refractivity contribution in [3.63, 3.8) is 0 Å². The fourth-order valence-corrected chi connectivity index (χ4v) is 3.68. The van der Waals surface area contributed by atoms with Gasteiger partial charge >= 0.3 is 0 Å². The monoisotopic (exact) mass is 417 g/mol. The van der Waals surface area contributed by atoms with Gasteiger partial charge in [0.2, 0.25) is 5.95 Å². The Morgan fingerprint density at radius 3 is 2.66 bits per heavy atom. The maximum atomic E-state index is 12.2. The van der Waals surface area contributed by atoms with Crippen LogP contribution in [0.2, 0.25) is 5.02 Å². The molecule has 0 atom stereocenters. The van der Waals surface area contributed by atoms with Crippen molar-refractivity contribution in [3.05, 3.63) is 41.0 Å². The van der Waals surface area contributed by atoms with Crippen molar-refractivity contribution >= 4 is 29.3 Å². The molecule has 1 aromatic carbocycles. The van der Waals surface area contributed by atoms with Gasteiger partial charge in [0.05, 0.1) is 0 Å². The molecule has 0 unspecified atom stereocenters. The van der Waals surface area contributed by atoms with Crippen molar-refractivity contribution in [2.75, 3.05) is 30.9 Å². The molecule has 2 aromatic rings. The first kappa shape index (κ1) is 21.2. The van der Waals surface area contributed by atoms with E-state index in [1.165, 1.54) is 0 Å². The van der Waals surface area contributed by atoms with Crippen LogP contribution >= 0.6 is 11.6 Å². The number of halogens is 1. The standard InChI is InChI=1S/C21H28ClN5O2/c1-14-12-23-21(26-20(14)27(2)3)25-17-9-7-16(8-10-17)24-19(28)13-29-18-6-4-5-15(22)11-18/h4-6,11-12,16-17H,7-10,13H2,1-3H3,(H,24,28)(H,23,25,26)/t16-,17+.